The molecule has 0 spiro atoms. The Kier molecular flexibility index (Phi) is 5.70. The van der Waals surface area contributed by atoms with E-state index in [9.17, 15) is 9.59 Å². The standard InChI is InChI=1S/C13H16O5/c1-16-12-8-11(6-5-10(12)9-14)18-7-3-4-13(15)17-2/h5-6,8-9H,3-4,7H2,1-2H3. The molecule has 0 saturated heterocycles. The maximum atomic E-state index is 10.9. The molecule has 0 atom stereocenters. The minimum Gasteiger partial charge on any atom is -0.496 e. The van der Waals surface area contributed by atoms with Crippen LogP contribution < -0.4 is 9.47 Å². The molecule has 0 N–H and O–H groups in total. The molecule has 1 aromatic rings. The molecular formula is C13H16O5. The highest BCUT2D eigenvalue weighted by Gasteiger charge is 2.05. The number of hydrogen-bond acceptors (Lipinski definition) is 5. The number of aldehydes is 1. The molecule has 98 valence electrons. The molecule has 1 aromatic carbocycles. The summed E-state index contributed by atoms with van der Waals surface area (Å²) in [5, 5.41) is 0. The van der Waals surface area contributed by atoms with E-state index >= 15 is 0 Å². The van der Waals surface area contributed by atoms with Crippen LogP contribution in [-0.2, 0) is 9.53 Å². The van der Waals surface area contributed by atoms with Gasteiger partial charge in [-0.25, -0.2) is 0 Å². The van der Waals surface area contributed by atoms with E-state index in [2.05, 4.69) is 4.74 Å². The van der Waals surface area contributed by atoms with E-state index in [1.165, 1.54) is 14.2 Å². The number of esters is 1. The zero-order valence-corrected chi connectivity index (χ0v) is 10.5. The van der Waals surface area contributed by atoms with Gasteiger partial charge in [-0.15, -0.1) is 0 Å². The highest BCUT2D eigenvalue weighted by molar-refractivity contribution is 5.79. The van der Waals surface area contributed by atoms with E-state index < -0.39 is 0 Å². The lowest BCUT2D eigenvalue weighted by atomic mass is 10.2. The predicted molar refractivity (Wildman–Crippen MR) is 65.1 cm³/mol. The molecule has 5 heteroatoms. The van der Waals surface area contributed by atoms with Gasteiger partial charge in [-0.2, -0.15) is 0 Å². The van der Waals surface area contributed by atoms with Crippen molar-refractivity contribution in [3.63, 3.8) is 0 Å². The molecule has 0 aromatic heterocycles. The zero-order chi connectivity index (χ0) is 13.4. The zero-order valence-electron chi connectivity index (χ0n) is 10.5. The van der Waals surface area contributed by atoms with Gasteiger partial charge >= 0.3 is 5.97 Å². The smallest absolute Gasteiger partial charge is 0.305 e. The number of rotatable bonds is 7. The molecule has 0 aliphatic rings. The summed E-state index contributed by atoms with van der Waals surface area (Å²) in [6.45, 7) is 0.401. The SMILES string of the molecule is COC(=O)CCCOc1ccc(C=O)c(OC)c1. The molecule has 0 unspecified atom stereocenters. The highest BCUT2D eigenvalue weighted by Crippen LogP contribution is 2.23. The van der Waals surface area contributed by atoms with Gasteiger partial charge in [0.05, 0.1) is 26.4 Å². The second-order valence-electron chi connectivity index (χ2n) is 3.55. The fraction of sp³-hybridized carbons (Fsp3) is 0.385. The lowest BCUT2D eigenvalue weighted by molar-refractivity contribution is -0.140. The van der Waals surface area contributed by atoms with Gasteiger partial charge in [-0.05, 0) is 18.6 Å². The van der Waals surface area contributed by atoms with Gasteiger partial charge in [0.25, 0.3) is 0 Å². The first-order valence-corrected chi connectivity index (χ1v) is 5.54. The second kappa shape index (κ2) is 7.32. The van der Waals surface area contributed by atoms with E-state index in [4.69, 9.17) is 9.47 Å². The largest absolute Gasteiger partial charge is 0.496 e. The minimum atomic E-state index is -0.257. The summed E-state index contributed by atoms with van der Waals surface area (Å²) in [6, 6.07) is 4.95. The summed E-state index contributed by atoms with van der Waals surface area (Å²) in [5.41, 5.74) is 0.472. The van der Waals surface area contributed by atoms with Gasteiger partial charge in [-0.1, -0.05) is 0 Å². The third kappa shape index (κ3) is 4.08. The maximum Gasteiger partial charge on any atom is 0.305 e. The van der Waals surface area contributed by atoms with Crippen molar-refractivity contribution in [1.82, 2.24) is 0 Å². The van der Waals surface area contributed by atoms with Crippen molar-refractivity contribution in [3.8, 4) is 11.5 Å². The summed E-state index contributed by atoms with van der Waals surface area (Å²) in [6.07, 6.45) is 1.62. The predicted octanol–water partition coefficient (Wildman–Crippen LogP) is 1.84. The molecule has 1 rings (SSSR count). The topological polar surface area (TPSA) is 61.8 Å². The molecular weight excluding hydrogens is 236 g/mol. The van der Waals surface area contributed by atoms with Crippen LogP contribution >= 0.6 is 0 Å². The van der Waals surface area contributed by atoms with Crippen LogP contribution in [0.15, 0.2) is 18.2 Å². The lowest BCUT2D eigenvalue weighted by Crippen LogP contribution is -2.04. The average molecular weight is 252 g/mol. The molecule has 0 bridgehead atoms. The van der Waals surface area contributed by atoms with Gasteiger partial charge in [0, 0.05) is 12.5 Å². The summed E-state index contributed by atoms with van der Waals surface area (Å²) in [4.78, 5) is 21.6. The van der Waals surface area contributed by atoms with Crippen molar-refractivity contribution in [1.29, 1.82) is 0 Å². The van der Waals surface area contributed by atoms with Crippen LogP contribution in [0, 0.1) is 0 Å². The van der Waals surface area contributed by atoms with Gasteiger partial charge in [0.1, 0.15) is 11.5 Å². The molecule has 0 fully saturated rings. The molecule has 0 radical (unpaired) electrons. The summed E-state index contributed by atoms with van der Waals surface area (Å²) in [7, 11) is 2.84. The first kappa shape index (κ1) is 14.0. The minimum absolute atomic E-state index is 0.257. The molecule has 0 aliphatic heterocycles. The van der Waals surface area contributed by atoms with Crippen molar-refractivity contribution in [3.05, 3.63) is 23.8 Å². The van der Waals surface area contributed by atoms with Crippen molar-refractivity contribution in [2.24, 2.45) is 0 Å². The van der Waals surface area contributed by atoms with Crippen molar-refractivity contribution in [2.75, 3.05) is 20.8 Å². The molecule has 0 saturated carbocycles. The molecule has 0 aliphatic carbocycles. The van der Waals surface area contributed by atoms with E-state index in [1.807, 2.05) is 0 Å². The Morgan fingerprint density at radius 1 is 1.33 bits per heavy atom. The summed E-state index contributed by atoms with van der Waals surface area (Å²) in [5.74, 6) is 0.810. The van der Waals surface area contributed by atoms with Crippen LogP contribution in [0.4, 0.5) is 0 Å². The monoisotopic (exact) mass is 252 g/mol. The number of carbonyl (C=O) groups is 2. The van der Waals surface area contributed by atoms with Crippen LogP contribution in [0.1, 0.15) is 23.2 Å². The van der Waals surface area contributed by atoms with Crippen molar-refractivity contribution in [2.45, 2.75) is 12.8 Å². The van der Waals surface area contributed by atoms with Crippen molar-refractivity contribution < 1.29 is 23.8 Å². The Labute approximate surface area is 106 Å². The fourth-order valence-corrected chi connectivity index (χ4v) is 1.39. The highest BCUT2D eigenvalue weighted by atomic mass is 16.5. The third-order valence-electron chi connectivity index (χ3n) is 2.35. The number of hydrogen-bond donors (Lipinski definition) is 0. The quantitative estimate of drug-likeness (QED) is 0.421. The first-order chi connectivity index (χ1) is 8.71. The van der Waals surface area contributed by atoms with E-state index in [-0.39, 0.29) is 5.97 Å². The molecule has 18 heavy (non-hydrogen) atoms. The van der Waals surface area contributed by atoms with E-state index in [0.717, 1.165) is 6.29 Å². The Morgan fingerprint density at radius 3 is 2.72 bits per heavy atom. The lowest BCUT2D eigenvalue weighted by Gasteiger charge is -2.08. The molecule has 0 heterocycles. The van der Waals surface area contributed by atoms with E-state index in [1.54, 1.807) is 18.2 Å². The van der Waals surface area contributed by atoms with Gasteiger partial charge in [0.2, 0.25) is 0 Å². The van der Waals surface area contributed by atoms with Crippen LogP contribution in [0.25, 0.3) is 0 Å². The summed E-state index contributed by atoms with van der Waals surface area (Å²) < 4.78 is 15.0. The Morgan fingerprint density at radius 2 is 2.11 bits per heavy atom. The normalized spacial score (nSPS) is 9.67. The van der Waals surface area contributed by atoms with Gasteiger partial charge in [0.15, 0.2) is 6.29 Å². The Balaban J connectivity index is 2.48. The van der Waals surface area contributed by atoms with Crippen LogP contribution in [0.5, 0.6) is 11.5 Å². The third-order valence-corrected chi connectivity index (χ3v) is 2.35. The van der Waals surface area contributed by atoms with Crippen LogP contribution in [-0.4, -0.2) is 33.1 Å². The fourth-order valence-electron chi connectivity index (χ4n) is 1.39. The number of carbonyl (C=O) groups excluding carboxylic acids is 2. The maximum absolute atomic E-state index is 10.9. The number of ether oxygens (including phenoxy) is 3. The summed E-state index contributed by atoms with van der Waals surface area (Å²) >= 11 is 0. The second-order valence-corrected chi connectivity index (χ2v) is 3.55. The Bertz CT molecular complexity index is 414. The Hall–Kier alpha value is -2.04. The van der Waals surface area contributed by atoms with E-state index in [0.29, 0.717) is 36.5 Å². The van der Waals surface area contributed by atoms with Gasteiger partial charge in [-0.3, -0.25) is 9.59 Å². The van der Waals surface area contributed by atoms with Gasteiger partial charge < -0.3 is 14.2 Å². The first-order valence-electron chi connectivity index (χ1n) is 5.54. The number of methoxy groups -OCH3 is 2. The average Bonchev–Trinajstić information content (AvgIpc) is 2.42. The van der Waals surface area contributed by atoms with Crippen LogP contribution in [0.2, 0.25) is 0 Å². The van der Waals surface area contributed by atoms with Crippen molar-refractivity contribution >= 4 is 12.3 Å². The number of benzene rings is 1. The molecule has 0 amide bonds. The van der Waals surface area contributed by atoms with Crippen LogP contribution in [0.3, 0.4) is 0 Å². The molecule has 5 nitrogen and oxygen atoms in total.